The molecule has 5 rings (SSSR count). The number of esters is 1. The molecular weight excluding hydrogens is 412 g/mol. The molecule has 2 aromatic rings. The maximum absolute atomic E-state index is 12.2. The number of rotatable bonds is 3. The van der Waals surface area contributed by atoms with Gasteiger partial charge in [-0.2, -0.15) is 5.10 Å². The molecule has 6 nitrogen and oxygen atoms in total. The van der Waals surface area contributed by atoms with Gasteiger partial charge in [0.25, 0.3) is 0 Å². The summed E-state index contributed by atoms with van der Waals surface area (Å²) in [5.41, 5.74) is 4.58. The summed E-state index contributed by atoms with van der Waals surface area (Å²) in [6.45, 7) is 9.87. The molecule has 2 fully saturated rings. The van der Waals surface area contributed by atoms with Gasteiger partial charge in [-0.15, -0.1) is 6.58 Å². The summed E-state index contributed by atoms with van der Waals surface area (Å²) < 4.78 is 7.36. The third-order valence-corrected chi connectivity index (χ3v) is 6.72. The van der Waals surface area contributed by atoms with E-state index in [1.54, 1.807) is 12.3 Å². The third kappa shape index (κ3) is 4.56. The van der Waals surface area contributed by atoms with Crippen LogP contribution in [0.5, 0.6) is 0 Å². The molecule has 0 aromatic carbocycles. The monoisotopic (exact) mass is 444 g/mol. The van der Waals surface area contributed by atoms with Crippen molar-refractivity contribution in [3.63, 3.8) is 0 Å². The zero-order valence-corrected chi connectivity index (χ0v) is 19.5. The Balaban J connectivity index is 0.000000821. The van der Waals surface area contributed by atoms with Gasteiger partial charge >= 0.3 is 5.97 Å². The third-order valence-electron chi connectivity index (χ3n) is 6.72. The zero-order chi connectivity index (χ0) is 23.4. The van der Waals surface area contributed by atoms with Gasteiger partial charge in [-0.05, 0) is 57.2 Å². The first-order valence-electron chi connectivity index (χ1n) is 11.5. The summed E-state index contributed by atoms with van der Waals surface area (Å²) in [5.74, 6) is -0.00274. The summed E-state index contributed by atoms with van der Waals surface area (Å²) in [5, 5.41) is 4.98. The molecule has 0 radical (unpaired) electrons. The van der Waals surface area contributed by atoms with E-state index < -0.39 is 0 Å². The Morgan fingerprint density at radius 2 is 1.97 bits per heavy atom. The van der Waals surface area contributed by atoms with E-state index in [1.165, 1.54) is 0 Å². The first kappa shape index (κ1) is 22.8. The van der Waals surface area contributed by atoms with Gasteiger partial charge in [0.05, 0.1) is 23.8 Å². The van der Waals surface area contributed by atoms with Crippen molar-refractivity contribution in [2.24, 2.45) is 5.41 Å². The Labute approximate surface area is 196 Å². The molecule has 172 valence electrons. The Bertz CT molecular complexity index is 1090. The molecule has 1 aliphatic carbocycles. The van der Waals surface area contributed by atoms with Crippen LogP contribution in [0.1, 0.15) is 50.6 Å². The highest BCUT2D eigenvalue weighted by molar-refractivity contribution is 5.83. The molecule has 1 spiro atoms. The maximum Gasteiger partial charge on any atom is 0.312 e. The smallest absolute Gasteiger partial charge is 0.312 e. The van der Waals surface area contributed by atoms with Crippen molar-refractivity contribution in [3.8, 4) is 11.4 Å². The largest absolute Gasteiger partial charge is 0.465 e. The van der Waals surface area contributed by atoms with Gasteiger partial charge in [0, 0.05) is 42.5 Å². The van der Waals surface area contributed by atoms with Crippen molar-refractivity contribution < 1.29 is 9.53 Å². The number of pyridine rings is 1. The highest BCUT2D eigenvalue weighted by Gasteiger charge is 2.47. The maximum atomic E-state index is 12.2. The lowest BCUT2D eigenvalue weighted by Gasteiger charge is -2.33. The molecule has 33 heavy (non-hydrogen) atoms. The molecule has 1 saturated heterocycles. The number of carbonyl (C=O) groups excluding carboxylic acids is 1. The van der Waals surface area contributed by atoms with Crippen LogP contribution >= 0.6 is 0 Å². The van der Waals surface area contributed by atoms with Gasteiger partial charge in [0.15, 0.2) is 0 Å². The molecule has 1 saturated carbocycles. The van der Waals surface area contributed by atoms with Crippen LogP contribution in [-0.2, 0) is 9.53 Å². The van der Waals surface area contributed by atoms with Gasteiger partial charge in [-0.1, -0.05) is 24.8 Å². The number of likely N-dealkylation sites (N-methyl/N-ethyl adjacent to an activating group) is 1. The second kappa shape index (κ2) is 9.61. The second-order valence-corrected chi connectivity index (χ2v) is 8.91. The number of hydrogen-bond donors (Lipinski definition) is 0. The van der Waals surface area contributed by atoms with E-state index in [-0.39, 0.29) is 17.4 Å². The fraction of sp³-hybridized carbons (Fsp3) is 0.370. The Hall–Kier alpha value is -3.41. The average Bonchev–Trinajstić information content (AvgIpc) is 3.42. The van der Waals surface area contributed by atoms with Gasteiger partial charge in [-0.3, -0.25) is 14.5 Å². The number of ether oxygens (including phenoxy) is 1. The van der Waals surface area contributed by atoms with E-state index in [2.05, 4.69) is 41.3 Å². The number of carbonyl (C=O) groups is 1. The summed E-state index contributed by atoms with van der Waals surface area (Å²) in [4.78, 5) is 18.8. The van der Waals surface area contributed by atoms with Gasteiger partial charge < -0.3 is 9.64 Å². The van der Waals surface area contributed by atoms with Crippen molar-refractivity contribution in [2.75, 3.05) is 13.7 Å². The SMILES string of the molecule is C=C1C=CC(c2cn(C3CCC4(CCOC4=O)CC3)nc2-c2ccccn2)=CN1C.C=CC. The zero-order valence-electron chi connectivity index (χ0n) is 19.5. The molecule has 6 heteroatoms. The van der Waals surface area contributed by atoms with Crippen LogP contribution < -0.4 is 0 Å². The summed E-state index contributed by atoms with van der Waals surface area (Å²) >= 11 is 0. The van der Waals surface area contributed by atoms with E-state index in [4.69, 9.17) is 9.84 Å². The Kier molecular flexibility index (Phi) is 6.63. The van der Waals surface area contributed by atoms with Crippen LogP contribution in [0.3, 0.4) is 0 Å². The van der Waals surface area contributed by atoms with E-state index in [1.807, 2.05) is 43.1 Å². The number of aromatic nitrogens is 3. The standard InChI is InChI=1S/C24H26N4O2.C3H6/c1-17-6-7-18(15-27(17)2)20-16-28(26-22(20)21-5-3-4-13-25-21)19-8-10-24(11-9-19)12-14-30-23(24)29;1-3-2/h3-7,13,15-16,19H,1,8-12,14H2,2H3;3H,1H2,2H3. The van der Waals surface area contributed by atoms with Crippen LogP contribution in [0.2, 0.25) is 0 Å². The van der Waals surface area contributed by atoms with Gasteiger partial charge in [0.1, 0.15) is 5.69 Å². The Morgan fingerprint density at radius 3 is 2.58 bits per heavy atom. The lowest BCUT2D eigenvalue weighted by atomic mass is 9.71. The predicted octanol–water partition coefficient (Wildman–Crippen LogP) is 5.54. The van der Waals surface area contributed by atoms with Crippen molar-refractivity contribution in [3.05, 3.63) is 79.4 Å². The number of cyclic esters (lactones) is 1. The summed E-state index contributed by atoms with van der Waals surface area (Å²) in [6, 6.07) is 6.18. The molecule has 4 heterocycles. The molecule has 3 aliphatic rings. The molecule has 0 amide bonds. The van der Waals surface area contributed by atoms with Crippen LogP contribution in [0.15, 0.2) is 73.9 Å². The predicted molar refractivity (Wildman–Crippen MR) is 131 cm³/mol. The minimum absolute atomic E-state index is 0.00274. The van der Waals surface area contributed by atoms with Crippen molar-refractivity contribution in [2.45, 2.75) is 45.1 Å². The molecule has 0 atom stereocenters. The fourth-order valence-electron chi connectivity index (χ4n) is 4.75. The Morgan fingerprint density at radius 1 is 1.21 bits per heavy atom. The fourth-order valence-corrected chi connectivity index (χ4v) is 4.75. The molecule has 0 N–H and O–H groups in total. The topological polar surface area (TPSA) is 60.3 Å². The van der Waals surface area contributed by atoms with E-state index >= 15 is 0 Å². The van der Waals surface area contributed by atoms with Crippen LogP contribution in [0, 0.1) is 5.41 Å². The van der Waals surface area contributed by atoms with Crippen LogP contribution in [0.4, 0.5) is 0 Å². The molecular formula is C27H32N4O2. The normalized spacial score (nSPS) is 24.2. The minimum atomic E-state index is -0.256. The lowest BCUT2D eigenvalue weighted by molar-refractivity contribution is -0.148. The first-order chi connectivity index (χ1) is 16.0. The van der Waals surface area contributed by atoms with Gasteiger partial charge in [-0.25, -0.2) is 0 Å². The summed E-state index contributed by atoms with van der Waals surface area (Å²) in [7, 11) is 2.00. The molecule has 0 bridgehead atoms. The van der Waals surface area contributed by atoms with Crippen LogP contribution in [0.25, 0.3) is 17.0 Å². The van der Waals surface area contributed by atoms with Crippen molar-refractivity contribution >= 4 is 11.5 Å². The second-order valence-electron chi connectivity index (χ2n) is 8.91. The van der Waals surface area contributed by atoms with Crippen molar-refractivity contribution in [1.29, 1.82) is 0 Å². The van der Waals surface area contributed by atoms with Crippen molar-refractivity contribution in [1.82, 2.24) is 19.7 Å². The first-order valence-corrected chi connectivity index (χ1v) is 11.5. The molecule has 2 aliphatic heterocycles. The van der Waals surface area contributed by atoms with E-state index in [0.717, 1.165) is 60.3 Å². The van der Waals surface area contributed by atoms with E-state index in [0.29, 0.717) is 6.61 Å². The molecule has 2 aromatic heterocycles. The highest BCUT2D eigenvalue weighted by atomic mass is 16.5. The minimum Gasteiger partial charge on any atom is -0.465 e. The lowest BCUT2D eigenvalue weighted by Crippen LogP contribution is -2.32. The van der Waals surface area contributed by atoms with Gasteiger partial charge in [0.2, 0.25) is 0 Å². The van der Waals surface area contributed by atoms with E-state index in [9.17, 15) is 4.79 Å². The number of hydrogen-bond acceptors (Lipinski definition) is 5. The quantitative estimate of drug-likeness (QED) is 0.459. The van der Waals surface area contributed by atoms with Crippen LogP contribution in [-0.4, -0.2) is 39.3 Å². The molecule has 0 unspecified atom stereocenters. The average molecular weight is 445 g/mol. The number of nitrogens with zero attached hydrogens (tertiary/aromatic N) is 4. The highest BCUT2D eigenvalue weighted by Crippen LogP contribution is 2.47. The number of allylic oxidation sites excluding steroid dienone is 4. The summed E-state index contributed by atoms with van der Waals surface area (Å²) in [6.07, 6.45) is 16.3.